The minimum absolute atomic E-state index is 0.634. The highest BCUT2D eigenvalue weighted by atomic mass is 16.5. The zero-order chi connectivity index (χ0) is 13.5. The Balaban J connectivity index is 1.95. The van der Waals surface area contributed by atoms with Gasteiger partial charge in [0.25, 0.3) is 0 Å². The van der Waals surface area contributed by atoms with Gasteiger partial charge in [0.2, 0.25) is 0 Å². The molecule has 4 heteroatoms. The molecule has 0 saturated carbocycles. The van der Waals surface area contributed by atoms with Gasteiger partial charge < -0.3 is 10.1 Å². The molecule has 1 N–H and O–H groups in total. The van der Waals surface area contributed by atoms with E-state index < -0.39 is 0 Å². The first kappa shape index (κ1) is 13.5. The maximum atomic E-state index is 5.72. The van der Waals surface area contributed by atoms with Crippen molar-refractivity contribution in [3.8, 4) is 11.5 Å². The third kappa shape index (κ3) is 4.67. The molecule has 0 amide bonds. The number of rotatable bonds is 6. The van der Waals surface area contributed by atoms with Crippen LogP contribution in [0.15, 0.2) is 42.9 Å². The lowest BCUT2D eigenvalue weighted by Gasteiger charge is -2.09. The Morgan fingerprint density at radius 3 is 2.84 bits per heavy atom. The lowest BCUT2D eigenvalue weighted by Crippen LogP contribution is -2.19. The number of pyridine rings is 2. The van der Waals surface area contributed by atoms with Gasteiger partial charge in [-0.25, -0.2) is 0 Å². The van der Waals surface area contributed by atoms with E-state index in [1.807, 2.05) is 24.3 Å². The standard InChI is InChI=1S/C15H19N3O/c1-12(2)9-17-10-13-8-14(5-7-18-13)19-15-4-3-6-16-11-15/h3-8,11-12,17H,9-10H2,1-2H3. The van der Waals surface area contributed by atoms with Crippen molar-refractivity contribution in [3.05, 3.63) is 48.5 Å². The van der Waals surface area contributed by atoms with Crippen LogP contribution < -0.4 is 10.1 Å². The molecule has 0 bridgehead atoms. The third-order valence-electron chi connectivity index (χ3n) is 2.52. The van der Waals surface area contributed by atoms with Crippen LogP contribution in [0, 0.1) is 5.92 Å². The van der Waals surface area contributed by atoms with Crippen LogP contribution in [0.5, 0.6) is 11.5 Å². The summed E-state index contributed by atoms with van der Waals surface area (Å²) in [5.41, 5.74) is 0.974. The lowest BCUT2D eigenvalue weighted by atomic mass is 10.2. The first-order valence-corrected chi connectivity index (χ1v) is 6.47. The van der Waals surface area contributed by atoms with Gasteiger partial charge in [-0.15, -0.1) is 0 Å². The average Bonchev–Trinajstić information content (AvgIpc) is 2.40. The molecule has 0 unspecified atom stereocenters. The van der Waals surface area contributed by atoms with Gasteiger partial charge in [-0.2, -0.15) is 0 Å². The molecule has 19 heavy (non-hydrogen) atoms. The van der Waals surface area contributed by atoms with Crippen LogP contribution in [0.2, 0.25) is 0 Å². The molecule has 2 aromatic heterocycles. The van der Waals surface area contributed by atoms with Gasteiger partial charge in [-0.3, -0.25) is 9.97 Å². The maximum Gasteiger partial charge on any atom is 0.145 e. The van der Waals surface area contributed by atoms with Crippen molar-refractivity contribution in [1.82, 2.24) is 15.3 Å². The van der Waals surface area contributed by atoms with Crippen LogP contribution in [-0.4, -0.2) is 16.5 Å². The van der Waals surface area contributed by atoms with E-state index >= 15 is 0 Å². The molecule has 0 saturated heterocycles. The topological polar surface area (TPSA) is 47.0 Å². The van der Waals surface area contributed by atoms with Gasteiger partial charge in [-0.05, 0) is 30.7 Å². The van der Waals surface area contributed by atoms with Gasteiger partial charge in [0, 0.05) is 25.0 Å². The number of hydrogen-bond donors (Lipinski definition) is 1. The quantitative estimate of drug-likeness (QED) is 0.864. The molecule has 0 fully saturated rings. The molecule has 100 valence electrons. The normalized spacial score (nSPS) is 10.7. The molecule has 2 heterocycles. The fourth-order valence-electron chi connectivity index (χ4n) is 1.65. The molecule has 0 atom stereocenters. The highest BCUT2D eigenvalue weighted by Gasteiger charge is 2.01. The summed E-state index contributed by atoms with van der Waals surface area (Å²) in [6.07, 6.45) is 5.18. The summed E-state index contributed by atoms with van der Waals surface area (Å²) < 4.78 is 5.72. The van der Waals surface area contributed by atoms with E-state index in [0.717, 1.165) is 30.3 Å². The van der Waals surface area contributed by atoms with E-state index in [4.69, 9.17) is 4.74 Å². The van der Waals surface area contributed by atoms with Gasteiger partial charge >= 0.3 is 0 Å². The molecular formula is C15H19N3O. The molecule has 0 radical (unpaired) electrons. The van der Waals surface area contributed by atoms with Crippen molar-refractivity contribution in [2.75, 3.05) is 6.54 Å². The summed E-state index contributed by atoms with van der Waals surface area (Å²) in [5.74, 6) is 2.15. The molecular weight excluding hydrogens is 238 g/mol. The lowest BCUT2D eigenvalue weighted by molar-refractivity contribution is 0.477. The summed E-state index contributed by atoms with van der Waals surface area (Å²) >= 11 is 0. The highest BCUT2D eigenvalue weighted by molar-refractivity contribution is 5.29. The van der Waals surface area contributed by atoms with E-state index in [2.05, 4.69) is 29.1 Å². The molecule has 2 aromatic rings. The van der Waals surface area contributed by atoms with E-state index in [0.29, 0.717) is 5.92 Å². The van der Waals surface area contributed by atoms with Crippen LogP contribution in [0.4, 0.5) is 0 Å². The van der Waals surface area contributed by atoms with Crippen LogP contribution >= 0.6 is 0 Å². The second kappa shape index (κ2) is 6.85. The summed E-state index contributed by atoms with van der Waals surface area (Å²) in [5, 5.41) is 3.36. The first-order valence-electron chi connectivity index (χ1n) is 6.47. The van der Waals surface area contributed by atoms with Crippen LogP contribution in [-0.2, 0) is 6.54 Å². The predicted octanol–water partition coefficient (Wildman–Crippen LogP) is 3.01. The Hall–Kier alpha value is -1.94. The van der Waals surface area contributed by atoms with E-state index in [9.17, 15) is 0 Å². The number of aromatic nitrogens is 2. The zero-order valence-electron chi connectivity index (χ0n) is 11.3. The Morgan fingerprint density at radius 1 is 1.21 bits per heavy atom. The fraction of sp³-hybridized carbons (Fsp3) is 0.333. The van der Waals surface area contributed by atoms with Gasteiger partial charge in [-0.1, -0.05) is 13.8 Å². The highest BCUT2D eigenvalue weighted by Crippen LogP contribution is 2.19. The van der Waals surface area contributed by atoms with Crippen molar-refractivity contribution in [1.29, 1.82) is 0 Å². The minimum atomic E-state index is 0.634. The first-order chi connectivity index (χ1) is 9.24. The number of nitrogens with one attached hydrogen (secondary N) is 1. The van der Waals surface area contributed by atoms with Crippen LogP contribution in [0.1, 0.15) is 19.5 Å². The van der Waals surface area contributed by atoms with Gasteiger partial charge in [0.05, 0.1) is 11.9 Å². The Bertz CT molecular complexity index is 500. The Labute approximate surface area is 113 Å². The zero-order valence-corrected chi connectivity index (χ0v) is 11.3. The van der Waals surface area contributed by atoms with Crippen molar-refractivity contribution in [2.45, 2.75) is 20.4 Å². The van der Waals surface area contributed by atoms with Crippen LogP contribution in [0.3, 0.4) is 0 Å². The average molecular weight is 257 g/mol. The number of nitrogens with zero attached hydrogens (tertiary/aromatic N) is 2. The van der Waals surface area contributed by atoms with Crippen molar-refractivity contribution >= 4 is 0 Å². The molecule has 2 rings (SSSR count). The summed E-state index contributed by atoms with van der Waals surface area (Å²) in [6, 6.07) is 7.52. The molecule has 0 aromatic carbocycles. The van der Waals surface area contributed by atoms with Crippen molar-refractivity contribution in [2.24, 2.45) is 5.92 Å². The SMILES string of the molecule is CC(C)CNCc1cc(Oc2cccnc2)ccn1. The Kier molecular flexibility index (Phi) is 4.86. The monoisotopic (exact) mass is 257 g/mol. The predicted molar refractivity (Wildman–Crippen MR) is 75.1 cm³/mol. The second-order valence-corrected chi connectivity index (χ2v) is 4.80. The van der Waals surface area contributed by atoms with Gasteiger partial charge in [0.15, 0.2) is 0 Å². The molecule has 0 aliphatic rings. The molecule has 0 aliphatic carbocycles. The van der Waals surface area contributed by atoms with Gasteiger partial charge in [0.1, 0.15) is 11.5 Å². The summed E-state index contributed by atoms with van der Waals surface area (Å²) in [6.45, 7) is 6.10. The van der Waals surface area contributed by atoms with E-state index in [-0.39, 0.29) is 0 Å². The molecule has 0 aliphatic heterocycles. The minimum Gasteiger partial charge on any atom is -0.456 e. The van der Waals surface area contributed by atoms with Crippen LogP contribution in [0.25, 0.3) is 0 Å². The largest absolute Gasteiger partial charge is 0.456 e. The molecule has 4 nitrogen and oxygen atoms in total. The summed E-state index contributed by atoms with van der Waals surface area (Å²) in [4.78, 5) is 8.34. The number of ether oxygens (including phenoxy) is 1. The van der Waals surface area contributed by atoms with E-state index in [1.165, 1.54) is 0 Å². The van der Waals surface area contributed by atoms with Crippen molar-refractivity contribution in [3.63, 3.8) is 0 Å². The van der Waals surface area contributed by atoms with Crippen molar-refractivity contribution < 1.29 is 4.74 Å². The summed E-state index contributed by atoms with van der Waals surface area (Å²) in [7, 11) is 0. The molecule has 0 spiro atoms. The smallest absolute Gasteiger partial charge is 0.145 e. The fourth-order valence-corrected chi connectivity index (χ4v) is 1.65. The number of hydrogen-bond acceptors (Lipinski definition) is 4. The van der Waals surface area contributed by atoms with E-state index in [1.54, 1.807) is 18.6 Å². The second-order valence-electron chi connectivity index (χ2n) is 4.80. The maximum absolute atomic E-state index is 5.72. The Morgan fingerprint density at radius 2 is 2.11 bits per heavy atom. The third-order valence-corrected chi connectivity index (χ3v) is 2.52.